The van der Waals surface area contributed by atoms with E-state index >= 15 is 0 Å². The third-order valence-corrected chi connectivity index (χ3v) is 5.98. The van der Waals surface area contributed by atoms with E-state index in [0.717, 1.165) is 22.2 Å². The highest BCUT2D eigenvalue weighted by atomic mass is 35.5. The molecule has 1 aliphatic heterocycles. The van der Waals surface area contributed by atoms with Gasteiger partial charge in [0.05, 0.1) is 11.6 Å². The number of para-hydroxylation sites is 1. The first kappa shape index (κ1) is 21.9. The van der Waals surface area contributed by atoms with Crippen LogP contribution in [0.4, 0.5) is 14.9 Å². The molecule has 0 unspecified atom stereocenters. The minimum absolute atomic E-state index is 0.0156. The van der Waals surface area contributed by atoms with Crippen LogP contribution in [0.15, 0.2) is 77.7 Å². The summed E-state index contributed by atoms with van der Waals surface area (Å²) in [5.41, 5.74) is 2.13. The summed E-state index contributed by atoms with van der Waals surface area (Å²) in [5, 5.41) is 3.18. The molecule has 5 nitrogen and oxygen atoms in total. The highest BCUT2D eigenvalue weighted by Crippen LogP contribution is 2.34. The fourth-order valence-electron chi connectivity index (χ4n) is 3.02. The number of imide groups is 1. The summed E-state index contributed by atoms with van der Waals surface area (Å²) in [4.78, 5) is 26.6. The summed E-state index contributed by atoms with van der Waals surface area (Å²) < 4.78 is 19.0. The van der Waals surface area contributed by atoms with Gasteiger partial charge in [-0.3, -0.25) is 14.5 Å². The second kappa shape index (κ2) is 9.89. The van der Waals surface area contributed by atoms with Crippen molar-refractivity contribution >= 4 is 46.3 Å². The van der Waals surface area contributed by atoms with E-state index in [-0.39, 0.29) is 24.3 Å². The normalized spacial score (nSPS) is 14.8. The predicted octanol–water partition coefficient (Wildman–Crippen LogP) is 6.16. The first-order valence-electron chi connectivity index (χ1n) is 9.71. The van der Waals surface area contributed by atoms with Crippen molar-refractivity contribution in [2.75, 3.05) is 12.0 Å². The Kier molecular flexibility index (Phi) is 6.78. The molecule has 3 aromatic carbocycles. The third kappa shape index (κ3) is 5.12. The molecule has 0 atom stereocenters. The van der Waals surface area contributed by atoms with E-state index in [1.54, 1.807) is 18.2 Å². The number of ether oxygens (including phenoxy) is 1. The van der Waals surface area contributed by atoms with Gasteiger partial charge in [0.1, 0.15) is 18.2 Å². The van der Waals surface area contributed by atoms with Gasteiger partial charge in [-0.1, -0.05) is 48.0 Å². The monoisotopic (exact) mass is 468 g/mol. The second-order valence-corrected chi connectivity index (χ2v) is 8.27. The van der Waals surface area contributed by atoms with Crippen molar-refractivity contribution < 1.29 is 18.7 Å². The van der Waals surface area contributed by atoms with Gasteiger partial charge in [-0.15, -0.1) is 0 Å². The van der Waals surface area contributed by atoms with Crippen LogP contribution in [0.3, 0.4) is 0 Å². The van der Waals surface area contributed by atoms with Crippen molar-refractivity contribution in [2.45, 2.75) is 6.61 Å². The van der Waals surface area contributed by atoms with Crippen LogP contribution in [-0.2, 0) is 11.4 Å². The first-order valence-corrected chi connectivity index (χ1v) is 10.9. The van der Waals surface area contributed by atoms with Gasteiger partial charge >= 0.3 is 0 Å². The molecule has 0 aromatic heterocycles. The highest BCUT2D eigenvalue weighted by molar-refractivity contribution is 8.18. The summed E-state index contributed by atoms with van der Waals surface area (Å²) in [6.45, 7) is 0.256. The number of hydrogen-bond donors (Lipinski definition) is 1. The molecule has 1 fully saturated rings. The minimum atomic E-state index is -0.407. The number of nitrogens with zero attached hydrogens (tertiary/aromatic N) is 1. The number of hydrogen-bond acceptors (Lipinski definition) is 5. The van der Waals surface area contributed by atoms with E-state index in [1.807, 2.05) is 36.4 Å². The van der Waals surface area contributed by atoms with Crippen LogP contribution in [0, 0.1) is 5.82 Å². The average molecular weight is 469 g/mol. The molecule has 162 valence electrons. The van der Waals surface area contributed by atoms with Crippen molar-refractivity contribution in [3.8, 4) is 5.75 Å². The highest BCUT2D eigenvalue weighted by Gasteiger charge is 2.35. The Hall–Kier alpha value is -3.29. The van der Waals surface area contributed by atoms with E-state index in [2.05, 4.69) is 5.32 Å². The first-order chi connectivity index (χ1) is 15.5. The Bertz CT molecular complexity index is 1180. The van der Waals surface area contributed by atoms with Crippen LogP contribution in [0.2, 0.25) is 5.02 Å². The summed E-state index contributed by atoms with van der Waals surface area (Å²) in [6.07, 6.45) is 1.64. The molecule has 1 saturated heterocycles. The van der Waals surface area contributed by atoms with Crippen LogP contribution in [0.25, 0.3) is 6.08 Å². The number of rotatable bonds is 7. The average Bonchev–Trinajstić information content (AvgIpc) is 3.06. The van der Waals surface area contributed by atoms with Gasteiger partial charge in [-0.25, -0.2) is 4.39 Å². The maximum Gasteiger partial charge on any atom is 0.295 e. The molecule has 0 bridgehead atoms. The fourth-order valence-corrected chi connectivity index (χ4v) is 4.04. The summed E-state index contributed by atoms with van der Waals surface area (Å²) >= 11 is 7.05. The number of nitrogens with one attached hydrogen (secondary N) is 1. The van der Waals surface area contributed by atoms with Crippen LogP contribution < -0.4 is 10.1 Å². The molecule has 1 N–H and O–H groups in total. The van der Waals surface area contributed by atoms with Gasteiger partial charge < -0.3 is 10.1 Å². The molecule has 3 aromatic rings. The van der Waals surface area contributed by atoms with Crippen molar-refractivity contribution in [3.05, 3.63) is 99.7 Å². The molecule has 8 heteroatoms. The molecule has 2 amide bonds. The zero-order valence-corrected chi connectivity index (χ0v) is 18.3. The van der Waals surface area contributed by atoms with E-state index in [4.69, 9.17) is 16.3 Å². The summed E-state index contributed by atoms with van der Waals surface area (Å²) in [6, 6.07) is 20.3. The number of carbonyl (C=O) groups excluding carboxylic acids is 2. The van der Waals surface area contributed by atoms with Crippen molar-refractivity contribution in [3.63, 3.8) is 0 Å². The number of benzene rings is 3. The number of anilines is 1. The minimum Gasteiger partial charge on any atom is -0.488 e. The van der Waals surface area contributed by atoms with E-state index in [9.17, 15) is 14.0 Å². The summed E-state index contributed by atoms with van der Waals surface area (Å²) in [7, 11) is 0. The molecular weight excluding hydrogens is 451 g/mol. The molecule has 0 spiro atoms. The van der Waals surface area contributed by atoms with Gasteiger partial charge in [0.25, 0.3) is 11.1 Å². The standard InChI is InChI=1S/C24H18ClFN2O3S/c25-20-7-3-1-6-17(20)14-31-21-8-4-2-5-16(21)13-22-23(29)28(24(30)32-22)15-27-19-11-9-18(26)10-12-19/h1-13,27H,14-15H2/b22-13-. The SMILES string of the molecule is O=C1S/C(=C\c2ccccc2OCc2ccccc2Cl)C(=O)N1CNc1ccc(F)cc1. The lowest BCUT2D eigenvalue weighted by atomic mass is 10.1. The smallest absolute Gasteiger partial charge is 0.295 e. The summed E-state index contributed by atoms with van der Waals surface area (Å²) in [5.74, 6) is -0.195. The van der Waals surface area contributed by atoms with Crippen LogP contribution in [-0.4, -0.2) is 22.7 Å². The van der Waals surface area contributed by atoms with E-state index in [1.165, 1.54) is 24.3 Å². The zero-order valence-electron chi connectivity index (χ0n) is 16.8. The Labute approximate surface area is 193 Å². The fraction of sp³-hybridized carbons (Fsp3) is 0.0833. The molecule has 0 aliphatic carbocycles. The topological polar surface area (TPSA) is 58.6 Å². The maximum atomic E-state index is 13.0. The van der Waals surface area contributed by atoms with Gasteiger partial charge in [0.2, 0.25) is 0 Å². The number of carbonyl (C=O) groups is 2. The van der Waals surface area contributed by atoms with Gasteiger partial charge in [0, 0.05) is 21.8 Å². The molecular formula is C24H18ClFN2O3S. The van der Waals surface area contributed by atoms with Gasteiger partial charge in [-0.2, -0.15) is 0 Å². The zero-order chi connectivity index (χ0) is 22.5. The van der Waals surface area contributed by atoms with Crippen LogP contribution >= 0.6 is 23.4 Å². The number of amides is 2. The van der Waals surface area contributed by atoms with E-state index in [0.29, 0.717) is 26.9 Å². The van der Waals surface area contributed by atoms with Crippen molar-refractivity contribution in [1.82, 2.24) is 4.90 Å². The van der Waals surface area contributed by atoms with E-state index < -0.39 is 5.91 Å². The van der Waals surface area contributed by atoms with Gasteiger partial charge in [0.15, 0.2) is 0 Å². The Morgan fingerprint density at radius 1 is 1.00 bits per heavy atom. The number of thioether (sulfide) groups is 1. The van der Waals surface area contributed by atoms with Gasteiger partial charge in [-0.05, 0) is 54.2 Å². The lowest BCUT2D eigenvalue weighted by Gasteiger charge is -2.14. The van der Waals surface area contributed by atoms with Crippen LogP contribution in [0.5, 0.6) is 5.75 Å². The quantitative estimate of drug-likeness (QED) is 0.420. The largest absolute Gasteiger partial charge is 0.488 e. The number of halogens is 2. The maximum absolute atomic E-state index is 13.0. The Morgan fingerprint density at radius 3 is 2.50 bits per heavy atom. The lowest BCUT2D eigenvalue weighted by molar-refractivity contribution is -0.122. The Balaban J connectivity index is 1.46. The third-order valence-electron chi connectivity index (χ3n) is 4.71. The molecule has 4 rings (SSSR count). The molecule has 0 saturated carbocycles. The molecule has 1 heterocycles. The van der Waals surface area contributed by atoms with Crippen molar-refractivity contribution in [1.29, 1.82) is 0 Å². The lowest BCUT2D eigenvalue weighted by Crippen LogP contribution is -2.33. The van der Waals surface area contributed by atoms with Crippen molar-refractivity contribution in [2.24, 2.45) is 0 Å². The Morgan fingerprint density at radius 2 is 1.72 bits per heavy atom. The predicted molar refractivity (Wildman–Crippen MR) is 125 cm³/mol. The second-order valence-electron chi connectivity index (χ2n) is 6.87. The van der Waals surface area contributed by atoms with Crippen LogP contribution in [0.1, 0.15) is 11.1 Å². The molecule has 0 radical (unpaired) electrons. The molecule has 1 aliphatic rings. The molecule has 32 heavy (non-hydrogen) atoms.